The second kappa shape index (κ2) is 3.49. The van der Waals surface area contributed by atoms with Gasteiger partial charge in [-0.1, -0.05) is 11.6 Å². The average Bonchev–Trinajstić information content (AvgIpc) is 2.79. The molecule has 1 aliphatic carbocycles. The Morgan fingerprint density at radius 2 is 2.12 bits per heavy atom. The van der Waals surface area contributed by atoms with Crippen LogP contribution in [0.2, 0.25) is 5.02 Å². The number of hydrogen-bond acceptors (Lipinski definition) is 1. The molecule has 3 heteroatoms. The summed E-state index contributed by atoms with van der Waals surface area (Å²) in [5.74, 6) is 3.01. The maximum atomic E-state index is 6.03. The number of fused-ring (bicyclic) bond motifs is 5. The molecule has 2 bridgehead atoms. The maximum Gasteiger partial charge on any atom is 0.110 e. The zero-order chi connectivity index (χ0) is 11.4. The fourth-order valence-electron chi connectivity index (χ4n) is 3.56. The second-order valence-electron chi connectivity index (χ2n) is 5.52. The van der Waals surface area contributed by atoms with Crippen molar-refractivity contribution in [2.45, 2.75) is 32.2 Å². The molecular weight excluding hydrogens is 232 g/mol. The lowest BCUT2D eigenvalue weighted by molar-refractivity contribution is 0.465. The lowest BCUT2D eigenvalue weighted by atomic mass is 10.0. The van der Waals surface area contributed by atoms with Gasteiger partial charge in [0.1, 0.15) is 5.82 Å². The number of imidazole rings is 1. The molecule has 1 aromatic heterocycles. The molecule has 1 fully saturated rings. The molecule has 1 aromatic carbocycles. The van der Waals surface area contributed by atoms with Crippen LogP contribution in [-0.2, 0) is 13.0 Å². The molecule has 1 saturated carbocycles. The van der Waals surface area contributed by atoms with Crippen LogP contribution in [-0.4, -0.2) is 9.55 Å². The van der Waals surface area contributed by atoms with Gasteiger partial charge in [0.25, 0.3) is 0 Å². The first kappa shape index (κ1) is 9.95. The first-order valence-corrected chi connectivity index (χ1v) is 6.82. The number of benzene rings is 1. The Hall–Kier alpha value is -1.02. The molecule has 0 saturated heterocycles. The molecule has 88 valence electrons. The van der Waals surface area contributed by atoms with Gasteiger partial charge in [0.2, 0.25) is 0 Å². The molecule has 0 amide bonds. The van der Waals surface area contributed by atoms with Gasteiger partial charge in [-0.3, -0.25) is 0 Å². The minimum absolute atomic E-state index is 0.786. The molecule has 2 aliphatic rings. The van der Waals surface area contributed by atoms with E-state index in [9.17, 15) is 0 Å². The van der Waals surface area contributed by atoms with Crippen molar-refractivity contribution in [3.63, 3.8) is 0 Å². The van der Waals surface area contributed by atoms with Crippen LogP contribution in [0, 0.1) is 11.8 Å². The Bertz CT molecular complexity index is 587. The van der Waals surface area contributed by atoms with E-state index >= 15 is 0 Å². The van der Waals surface area contributed by atoms with Crippen molar-refractivity contribution < 1.29 is 0 Å². The van der Waals surface area contributed by atoms with Crippen LogP contribution >= 0.6 is 11.6 Å². The fourth-order valence-corrected chi connectivity index (χ4v) is 3.72. The smallest absolute Gasteiger partial charge is 0.110 e. The van der Waals surface area contributed by atoms with E-state index in [1.807, 2.05) is 12.1 Å². The topological polar surface area (TPSA) is 17.8 Å². The van der Waals surface area contributed by atoms with Crippen molar-refractivity contribution in [2.75, 3.05) is 0 Å². The Labute approximate surface area is 106 Å². The molecule has 2 heterocycles. The highest BCUT2D eigenvalue weighted by atomic mass is 35.5. The highest BCUT2D eigenvalue weighted by Gasteiger charge is 2.31. The largest absolute Gasteiger partial charge is 0.328 e. The summed E-state index contributed by atoms with van der Waals surface area (Å²) in [6.45, 7) is 1.16. The van der Waals surface area contributed by atoms with Crippen molar-refractivity contribution in [3.8, 4) is 0 Å². The zero-order valence-electron chi connectivity index (χ0n) is 9.69. The minimum atomic E-state index is 0.786. The minimum Gasteiger partial charge on any atom is -0.328 e. The molecule has 4 rings (SSSR count). The SMILES string of the molecule is Clc1ccc2c(c1)nc1n2CC2CCC(C1)C2. The lowest BCUT2D eigenvalue weighted by Gasteiger charge is -2.12. The summed E-state index contributed by atoms with van der Waals surface area (Å²) in [6.07, 6.45) is 5.35. The van der Waals surface area contributed by atoms with Crippen LogP contribution in [0.5, 0.6) is 0 Å². The highest BCUT2D eigenvalue weighted by molar-refractivity contribution is 6.31. The third-order valence-electron chi connectivity index (χ3n) is 4.35. The number of hydrogen-bond donors (Lipinski definition) is 0. The van der Waals surface area contributed by atoms with Crippen LogP contribution in [0.25, 0.3) is 11.0 Å². The van der Waals surface area contributed by atoms with E-state index in [1.165, 1.54) is 30.6 Å². The van der Waals surface area contributed by atoms with E-state index in [0.29, 0.717) is 0 Å². The van der Waals surface area contributed by atoms with Gasteiger partial charge >= 0.3 is 0 Å². The third-order valence-corrected chi connectivity index (χ3v) is 4.59. The lowest BCUT2D eigenvalue weighted by Crippen LogP contribution is -2.09. The number of halogens is 1. The average molecular weight is 247 g/mol. The van der Waals surface area contributed by atoms with Gasteiger partial charge in [-0.2, -0.15) is 0 Å². The van der Waals surface area contributed by atoms with Gasteiger partial charge in [-0.05, 0) is 49.3 Å². The zero-order valence-corrected chi connectivity index (χ0v) is 10.5. The first-order chi connectivity index (χ1) is 8.29. The molecule has 2 atom stereocenters. The Balaban J connectivity index is 1.92. The summed E-state index contributed by atoms with van der Waals surface area (Å²) in [5, 5.41) is 0.786. The Kier molecular flexibility index (Phi) is 2.04. The highest BCUT2D eigenvalue weighted by Crippen LogP contribution is 2.38. The molecule has 0 N–H and O–H groups in total. The summed E-state index contributed by atoms with van der Waals surface area (Å²) in [7, 11) is 0. The second-order valence-corrected chi connectivity index (χ2v) is 5.96. The summed E-state index contributed by atoms with van der Waals surface area (Å²) < 4.78 is 2.43. The summed E-state index contributed by atoms with van der Waals surface area (Å²) in [6, 6.07) is 6.08. The molecule has 2 unspecified atom stereocenters. The standard InChI is InChI=1S/C14H15ClN2/c15-11-3-4-13-12(7-11)16-14-6-9-1-2-10(5-9)8-17(13)14/h3-4,7,9-10H,1-2,5-6,8H2. The summed E-state index contributed by atoms with van der Waals surface area (Å²) >= 11 is 6.03. The molecule has 0 spiro atoms. The van der Waals surface area contributed by atoms with E-state index in [-0.39, 0.29) is 0 Å². The molecule has 2 aromatic rings. The van der Waals surface area contributed by atoms with E-state index < -0.39 is 0 Å². The quantitative estimate of drug-likeness (QED) is 0.694. The van der Waals surface area contributed by atoms with Crippen LogP contribution in [0.3, 0.4) is 0 Å². The van der Waals surface area contributed by atoms with Crippen LogP contribution < -0.4 is 0 Å². The van der Waals surface area contributed by atoms with Gasteiger partial charge in [0.15, 0.2) is 0 Å². The molecule has 17 heavy (non-hydrogen) atoms. The predicted octanol–water partition coefficient (Wildman–Crippen LogP) is 3.66. The van der Waals surface area contributed by atoms with Crippen molar-refractivity contribution in [1.29, 1.82) is 0 Å². The molecule has 2 nitrogen and oxygen atoms in total. The first-order valence-electron chi connectivity index (χ1n) is 6.44. The van der Waals surface area contributed by atoms with E-state index in [2.05, 4.69) is 10.6 Å². The summed E-state index contributed by atoms with van der Waals surface area (Å²) in [4.78, 5) is 4.77. The van der Waals surface area contributed by atoms with Crippen molar-refractivity contribution in [2.24, 2.45) is 11.8 Å². The Morgan fingerprint density at radius 1 is 1.24 bits per heavy atom. The van der Waals surface area contributed by atoms with Crippen LogP contribution in [0.1, 0.15) is 25.1 Å². The number of aromatic nitrogens is 2. The van der Waals surface area contributed by atoms with Gasteiger partial charge in [0.05, 0.1) is 11.0 Å². The number of nitrogens with zero attached hydrogens (tertiary/aromatic N) is 2. The fraction of sp³-hybridized carbons (Fsp3) is 0.500. The number of rotatable bonds is 0. The van der Waals surface area contributed by atoms with Crippen molar-refractivity contribution >= 4 is 22.6 Å². The van der Waals surface area contributed by atoms with Crippen LogP contribution in [0.15, 0.2) is 18.2 Å². The molecule has 1 aliphatic heterocycles. The van der Waals surface area contributed by atoms with Gasteiger partial charge in [0, 0.05) is 18.0 Å². The van der Waals surface area contributed by atoms with Gasteiger partial charge in [-0.15, -0.1) is 0 Å². The monoisotopic (exact) mass is 246 g/mol. The van der Waals surface area contributed by atoms with E-state index in [0.717, 1.165) is 35.3 Å². The normalized spacial score (nSPS) is 27.1. The van der Waals surface area contributed by atoms with E-state index in [1.54, 1.807) is 0 Å². The Morgan fingerprint density at radius 3 is 3.06 bits per heavy atom. The maximum absolute atomic E-state index is 6.03. The van der Waals surface area contributed by atoms with Crippen molar-refractivity contribution in [1.82, 2.24) is 9.55 Å². The summed E-state index contributed by atoms with van der Waals surface area (Å²) in [5.41, 5.74) is 2.32. The van der Waals surface area contributed by atoms with Crippen molar-refractivity contribution in [3.05, 3.63) is 29.0 Å². The van der Waals surface area contributed by atoms with Gasteiger partial charge < -0.3 is 4.57 Å². The third kappa shape index (κ3) is 1.50. The molecular formula is C14H15ClN2. The molecule has 0 radical (unpaired) electrons. The van der Waals surface area contributed by atoms with Gasteiger partial charge in [-0.25, -0.2) is 4.98 Å². The van der Waals surface area contributed by atoms with E-state index in [4.69, 9.17) is 16.6 Å². The predicted molar refractivity (Wildman–Crippen MR) is 69.3 cm³/mol. The van der Waals surface area contributed by atoms with Crippen LogP contribution in [0.4, 0.5) is 0 Å².